The van der Waals surface area contributed by atoms with Crippen molar-refractivity contribution in [3.8, 4) is 0 Å². The molecule has 102 valence electrons. The molecule has 0 aromatic heterocycles. The lowest BCUT2D eigenvalue weighted by Gasteiger charge is -2.25. The van der Waals surface area contributed by atoms with Gasteiger partial charge in [0.15, 0.2) is 0 Å². The van der Waals surface area contributed by atoms with E-state index in [1.54, 1.807) is 0 Å². The van der Waals surface area contributed by atoms with Crippen molar-refractivity contribution in [1.29, 1.82) is 0 Å². The number of nitrogens with zero attached hydrogens (tertiary/aromatic N) is 1. The Bertz CT molecular complexity index is 589. The number of ether oxygens (including phenoxy) is 1. The van der Waals surface area contributed by atoms with E-state index in [-0.39, 0.29) is 12.5 Å². The van der Waals surface area contributed by atoms with Crippen LogP contribution in [0.1, 0.15) is 11.1 Å². The molecule has 1 heterocycles. The van der Waals surface area contributed by atoms with Gasteiger partial charge in [-0.1, -0.05) is 36.4 Å². The van der Waals surface area contributed by atoms with Gasteiger partial charge in [-0.2, -0.15) is 0 Å². The zero-order valence-electron chi connectivity index (χ0n) is 11.5. The van der Waals surface area contributed by atoms with Gasteiger partial charge >= 0.3 is 5.97 Å². The minimum atomic E-state index is -0.225. The Balaban J connectivity index is 2.11. The molecule has 0 N–H and O–H groups in total. The Labute approximate surface area is 118 Å². The number of hydrogen-bond acceptors (Lipinski definition) is 3. The Hall–Kier alpha value is -2.29. The van der Waals surface area contributed by atoms with Crippen LogP contribution in [-0.4, -0.2) is 19.6 Å². The van der Waals surface area contributed by atoms with Crippen molar-refractivity contribution in [2.24, 2.45) is 0 Å². The SMILES string of the molecule is COC(=O)CN1c2ccccc2CCc2ccccc21. The van der Waals surface area contributed by atoms with Gasteiger partial charge in [-0.3, -0.25) is 4.79 Å². The van der Waals surface area contributed by atoms with Crippen LogP contribution in [0.4, 0.5) is 11.4 Å². The lowest BCUT2D eigenvalue weighted by Crippen LogP contribution is -2.26. The van der Waals surface area contributed by atoms with Crippen LogP contribution in [-0.2, 0) is 22.4 Å². The van der Waals surface area contributed by atoms with Crippen LogP contribution in [0.2, 0.25) is 0 Å². The van der Waals surface area contributed by atoms with Crippen molar-refractivity contribution in [3.05, 3.63) is 59.7 Å². The third-order valence-electron chi connectivity index (χ3n) is 3.74. The van der Waals surface area contributed by atoms with Gasteiger partial charge < -0.3 is 9.64 Å². The van der Waals surface area contributed by atoms with E-state index in [9.17, 15) is 4.79 Å². The maximum absolute atomic E-state index is 11.7. The van der Waals surface area contributed by atoms with Crippen LogP contribution < -0.4 is 4.90 Å². The number of rotatable bonds is 2. The second-order valence-corrected chi connectivity index (χ2v) is 4.92. The molecule has 0 atom stereocenters. The van der Waals surface area contributed by atoms with E-state index >= 15 is 0 Å². The number of aryl methyl sites for hydroxylation is 2. The van der Waals surface area contributed by atoms with Gasteiger partial charge in [-0.05, 0) is 36.1 Å². The molecule has 0 fully saturated rings. The molecule has 0 bridgehead atoms. The first-order valence-corrected chi connectivity index (χ1v) is 6.80. The molecule has 3 rings (SSSR count). The van der Waals surface area contributed by atoms with E-state index in [2.05, 4.69) is 29.2 Å². The van der Waals surface area contributed by atoms with Gasteiger partial charge in [0.2, 0.25) is 0 Å². The Kier molecular flexibility index (Phi) is 3.42. The predicted molar refractivity (Wildman–Crippen MR) is 79.3 cm³/mol. The fraction of sp³-hybridized carbons (Fsp3) is 0.235. The van der Waals surface area contributed by atoms with Crippen molar-refractivity contribution >= 4 is 17.3 Å². The summed E-state index contributed by atoms with van der Waals surface area (Å²) in [5.41, 5.74) is 4.74. The van der Waals surface area contributed by atoms with E-state index in [1.165, 1.54) is 18.2 Å². The van der Waals surface area contributed by atoms with Gasteiger partial charge in [0.1, 0.15) is 6.54 Å². The number of benzene rings is 2. The summed E-state index contributed by atoms with van der Waals surface area (Å²) in [4.78, 5) is 13.8. The number of carbonyl (C=O) groups excluding carboxylic acids is 1. The average Bonchev–Trinajstić information content (AvgIpc) is 2.65. The highest BCUT2D eigenvalue weighted by Crippen LogP contribution is 2.35. The molecule has 3 heteroatoms. The summed E-state index contributed by atoms with van der Waals surface area (Å²) in [6.07, 6.45) is 1.98. The summed E-state index contributed by atoms with van der Waals surface area (Å²) >= 11 is 0. The molecule has 0 spiro atoms. The van der Waals surface area contributed by atoms with E-state index in [4.69, 9.17) is 4.74 Å². The van der Waals surface area contributed by atoms with Gasteiger partial charge in [0.05, 0.1) is 7.11 Å². The second kappa shape index (κ2) is 5.37. The van der Waals surface area contributed by atoms with Gasteiger partial charge in [0.25, 0.3) is 0 Å². The van der Waals surface area contributed by atoms with Crippen LogP contribution >= 0.6 is 0 Å². The summed E-state index contributed by atoms with van der Waals surface area (Å²) in [5, 5.41) is 0. The fourth-order valence-electron chi connectivity index (χ4n) is 2.73. The number of esters is 1. The largest absolute Gasteiger partial charge is 0.468 e. The lowest BCUT2D eigenvalue weighted by molar-refractivity contribution is -0.138. The first-order chi connectivity index (χ1) is 9.79. The molecule has 2 aromatic carbocycles. The van der Waals surface area contributed by atoms with Gasteiger partial charge in [0, 0.05) is 11.4 Å². The smallest absolute Gasteiger partial charge is 0.325 e. The first-order valence-electron chi connectivity index (χ1n) is 6.80. The van der Waals surface area contributed by atoms with E-state index in [1.807, 2.05) is 24.3 Å². The molecule has 0 aliphatic carbocycles. The molecule has 0 saturated heterocycles. The predicted octanol–water partition coefficient (Wildman–Crippen LogP) is 3.10. The highest BCUT2D eigenvalue weighted by atomic mass is 16.5. The minimum absolute atomic E-state index is 0.225. The molecule has 0 radical (unpaired) electrons. The Morgan fingerprint density at radius 2 is 1.50 bits per heavy atom. The Morgan fingerprint density at radius 3 is 2.00 bits per heavy atom. The summed E-state index contributed by atoms with van der Waals surface area (Å²) in [6.45, 7) is 0.241. The highest BCUT2D eigenvalue weighted by Gasteiger charge is 2.22. The molecular weight excluding hydrogens is 250 g/mol. The van der Waals surface area contributed by atoms with Gasteiger partial charge in [-0.15, -0.1) is 0 Å². The maximum Gasteiger partial charge on any atom is 0.325 e. The molecule has 1 aliphatic rings. The summed E-state index contributed by atoms with van der Waals surface area (Å²) in [5.74, 6) is -0.225. The zero-order valence-corrected chi connectivity index (χ0v) is 11.5. The summed E-state index contributed by atoms with van der Waals surface area (Å²) in [7, 11) is 1.43. The van der Waals surface area contributed by atoms with Crippen LogP contribution in [0, 0.1) is 0 Å². The maximum atomic E-state index is 11.7. The van der Waals surface area contributed by atoms with Crippen LogP contribution in [0.25, 0.3) is 0 Å². The highest BCUT2D eigenvalue weighted by molar-refractivity contribution is 5.82. The summed E-state index contributed by atoms with van der Waals surface area (Å²) < 4.78 is 4.84. The topological polar surface area (TPSA) is 29.5 Å². The van der Waals surface area contributed by atoms with Crippen LogP contribution in [0.3, 0.4) is 0 Å². The number of anilines is 2. The lowest BCUT2D eigenvalue weighted by atomic mass is 10.0. The van der Waals surface area contributed by atoms with Crippen molar-refractivity contribution in [2.75, 3.05) is 18.6 Å². The molecule has 2 aromatic rings. The monoisotopic (exact) mass is 267 g/mol. The number of hydrogen-bond donors (Lipinski definition) is 0. The van der Waals surface area contributed by atoms with E-state index in [0.29, 0.717) is 0 Å². The molecule has 0 amide bonds. The zero-order chi connectivity index (χ0) is 13.9. The number of carbonyl (C=O) groups is 1. The van der Waals surface area contributed by atoms with Gasteiger partial charge in [-0.25, -0.2) is 0 Å². The molecule has 1 aliphatic heterocycles. The van der Waals surface area contributed by atoms with Crippen molar-refractivity contribution in [2.45, 2.75) is 12.8 Å². The van der Waals surface area contributed by atoms with Crippen LogP contribution in [0.15, 0.2) is 48.5 Å². The molecule has 0 saturated carbocycles. The molecule has 20 heavy (non-hydrogen) atoms. The molecule has 0 unspecified atom stereocenters. The average molecular weight is 267 g/mol. The first kappa shape index (κ1) is 12.7. The minimum Gasteiger partial charge on any atom is -0.468 e. The standard InChI is InChI=1S/C17H17NO2/c1-20-17(19)12-18-15-8-4-2-6-13(15)10-11-14-7-3-5-9-16(14)18/h2-9H,10-12H2,1H3. The molecular formula is C17H17NO2. The van der Waals surface area contributed by atoms with E-state index in [0.717, 1.165) is 24.2 Å². The normalized spacial score (nSPS) is 13.2. The van der Waals surface area contributed by atoms with Crippen molar-refractivity contribution in [3.63, 3.8) is 0 Å². The van der Waals surface area contributed by atoms with E-state index < -0.39 is 0 Å². The van der Waals surface area contributed by atoms with Crippen LogP contribution in [0.5, 0.6) is 0 Å². The Morgan fingerprint density at radius 1 is 1.00 bits per heavy atom. The molecule has 3 nitrogen and oxygen atoms in total. The third-order valence-corrected chi connectivity index (χ3v) is 3.74. The quantitative estimate of drug-likeness (QED) is 0.783. The van der Waals surface area contributed by atoms with Crippen molar-refractivity contribution < 1.29 is 9.53 Å². The number of fused-ring (bicyclic) bond motifs is 2. The third kappa shape index (κ3) is 2.27. The van der Waals surface area contributed by atoms with Crippen molar-refractivity contribution in [1.82, 2.24) is 0 Å². The number of methoxy groups -OCH3 is 1. The summed E-state index contributed by atoms with van der Waals surface area (Å²) in [6, 6.07) is 16.5. The number of para-hydroxylation sites is 2. The second-order valence-electron chi connectivity index (χ2n) is 4.92. The fourth-order valence-corrected chi connectivity index (χ4v) is 2.73.